The Morgan fingerprint density at radius 3 is 2.75 bits per heavy atom. The molecule has 0 radical (unpaired) electrons. The highest BCUT2D eigenvalue weighted by Gasteiger charge is 2.23. The molecule has 0 spiro atoms. The molecule has 82 valence electrons. The lowest BCUT2D eigenvalue weighted by Crippen LogP contribution is -2.40. The van der Waals surface area contributed by atoms with E-state index in [1.807, 2.05) is 18.2 Å². The predicted molar refractivity (Wildman–Crippen MR) is 61.4 cm³/mol. The second-order valence-corrected chi connectivity index (χ2v) is 4.19. The summed E-state index contributed by atoms with van der Waals surface area (Å²) in [6, 6.07) is 10.3. The van der Waals surface area contributed by atoms with Gasteiger partial charge >= 0.3 is 0 Å². The van der Waals surface area contributed by atoms with E-state index in [4.69, 9.17) is 4.42 Å². The van der Waals surface area contributed by atoms with Crippen molar-refractivity contribution in [1.82, 2.24) is 10.3 Å². The Morgan fingerprint density at radius 1 is 1.25 bits per heavy atom. The van der Waals surface area contributed by atoms with Gasteiger partial charge in [0.25, 0.3) is 0 Å². The van der Waals surface area contributed by atoms with E-state index >= 15 is 0 Å². The zero-order valence-corrected chi connectivity index (χ0v) is 9.02. The minimum atomic E-state index is 0.476. The lowest BCUT2D eigenvalue weighted by Gasteiger charge is -2.23. The number of oxazole rings is 1. The Bertz CT molecular complexity index is 460. The van der Waals surface area contributed by atoms with Crippen LogP contribution in [0.4, 0.5) is 0 Å². The number of nitrogens with zero attached hydrogens (tertiary/aromatic N) is 1. The summed E-state index contributed by atoms with van der Waals surface area (Å²) >= 11 is 0. The summed E-state index contributed by atoms with van der Waals surface area (Å²) in [5.41, 5.74) is 2.29. The standard InChI is InChI=1S/C13H14N2O/c1-2-4-10(5-3-1)6-12-9-16-13(15-12)11-7-14-8-11/h1-5,9,11,14H,6-8H2. The second-order valence-electron chi connectivity index (χ2n) is 4.19. The molecule has 1 aromatic heterocycles. The number of aromatic nitrogens is 1. The third kappa shape index (κ3) is 1.86. The lowest BCUT2D eigenvalue weighted by atomic mass is 10.0. The number of nitrogens with one attached hydrogen (secondary N) is 1. The molecule has 0 bridgehead atoms. The van der Waals surface area contributed by atoms with Crippen LogP contribution in [0.2, 0.25) is 0 Å². The highest BCUT2D eigenvalue weighted by atomic mass is 16.3. The largest absolute Gasteiger partial charge is 0.448 e. The molecular weight excluding hydrogens is 200 g/mol. The van der Waals surface area contributed by atoms with Crippen molar-refractivity contribution in [3.63, 3.8) is 0 Å². The number of hydrogen-bond acceptors (Lipinski definition) is 3. The highest BCUT2D eigenvalue weighted by Crippen LogP contribution is 2.19. The number of hydrogen-bond donors (Lipinski definition) is 1. The first kappa shape index (κ1) is 9.60. The molecular formula is C13H14N2O. The molecule has 3 nitrogen and oxygen atoms in total. The van der Waals surface area contributed by atoms with E-state index in [-0.39, 0.29) is 0 Å². The van der Waals surface area contributed by atoms with Gasteiger partial charge in [0.15, 0.2) is 5.89 Å². The molecule has 2 heterocycles. The van der Waals surface area contributed by atoms with Gasteiger partial charge in [-0.25, -0.2) is 4.98 Å². The summed E-state index contributed by atoms with van der Waals surface area (Å²) in [6.45, 7) is 1.98. The lowest BCUT2D eigenvalue weighted by molar-refractivity contribution is 0.357. The molecule has 0 saturated carbocycles. The van der Waals surface area contributed by atoms with Crippen LogP contribution in [0.3, 0.4) is 0 Å². The maximum Gasteiger partial charge on any atom is 0.199 e. The van der Waals surface area contributed by atoms with Crippen molar-refractivity contribution < 1.29 is 4.42 Å². The molecule has 1 aliphatic rings. The summed E-state index contributed by atoms with van der Waals surface area (Å²) in [6.07, 6.45) is 2.63. The van der Waals surface area contributed by atoms with Gasteiger partial charge in [0.05, 0.1) is 11.6 Å². The van der Waals surface area contributed by atoms with E-state index in [1.165, 1.54) is 5.56 Å². The molecule has 1 aliphatic heterocycles. The van der Waals surface area contributed by atoms with E-state index in [9.17, 15) is 0 Å². The zero-order valence-electron chi connectivity index (χ0n) is 9.02. The molecule has 3 heteroatoms. The van der Waals surface area contributed by atoms with Gasteiger partial charge in [-0.05, 0) is 5.56 Å². The SMILES string of the molecule is c1ccc(Cc2coc(C3CNC3)n2)cc1. The van der Waals surface area contributed by atoms with E-state index in [2.05, 4.69) is 22.4 Å². The van der Waals surface area contributed by atoms with Gasteiger partial charge in [-0.1, -0.05) is 30.3 Å². The van der Waals surface area contributed by atoms with Crippen LogP contribution in [0.1, 0.15) is 23.1 Å². The van der Waals surface area contributed by atoms with Crippen LogP contribution < -0.4 is 5.32 Å². The number of rotatable bonds is 3. The highest BCUT2D eigenvalue weighted by molar-refractivity contribution is 5.20. The minimum absolute atomic E-state index is 0.476. The van der Waals surface area contributed by atoms with Crippen LogP contribution in [-0.4, -0.2) is 18.1 Å². The Labute approximate surface area is 94.5 Å². The first-order chi connectivity index (χ1) is 7.92. The normalized spacial score (nSPS) is 16.0. The minimum Gasteiger partial charge on any atom is -0.448 e. The van der Waals surface area contributed by atoms with Crippen molar-refractivity contribution >= 4 is 0 Å². The van der Waals surface area contributed by atoms with Crippen molar-refractivity contribution in [2.75, 3.05) is 13.1 Å². The molecule has 0 unspecified atom stereocenters. The van der Waals surface area contributed by atoms with Crippen LogP contribution in [0.5, 0.6) is 0 Å². The molecule has 1 aromatic carbocycles. The first-order valence-corrected chi connectivity index (χ1v) is 5.61. The Balaban J connectivity index is 1.73. The molecule has 1 N–H and O–H groups in total. The topological polar surface area (TPSA) is 38.1 Å². The fourth-order valence-electron chi connectivity index (χ4n) is 1.86. The summed E-state index contributed by atoms with van der Waals surface area (Å²) < 4.78 is 5.49. The second kappa shape index (κ2) is 4.10. The molecule has 1 fully saturated rings. The van der Waals surface area contributed by atoms with Crippen molar-refractivity contribution in [2.45, 2.75) is 12.3 Å². The fourth-order valence-corrected chi connectivity index (χ4v) is 1.86. The molecule has 1 saturated heterocycles. The predicted octanol–water partition coefficient (Wildman–Crippen LogP) is 1.95. The Hall–Kier alpha value is -1.61. The van der Waals surface area contributed by atoms with Crippen LogP contribution in [0, 0.1) is 0 Å². The van der Waals surface area contributed by atoms with Gasteiger partial charge in [-0.15, -0.1) is 0 Å². The molecule has 0 amide bonds. The fraction of sp³-hybridized carbons (Fsp3) is 0.308. The van der Waals surface area contributed by atoms with Crippen molar-refractivity contribution in [2.24, 2.45) is 0 Å². The number of benzene rings is 1. The Morgan fingerprint density at radius 2 is 2.06 bits per heavy atom. The third-order valence-corrected chi connectivity index (χ3v) is 2.93. The van der Waals surface area contributed by atoms with Crippen LogP contribution >= 0.6 is 0 Å². The zero-order chi connectivity index (χ0) is 10.8. The van der Waals surface area contributed by atoms with Crippen LogP contribution in [0.15, 0.2) is 41.0 Å². The van der Waals surface area contributed by atoms with E-state index in [0.717, 1.165) is 31.1 Å². The first-order valence-electron chi connectivity index (χ1n) is 5.61. The molecule has 0 atom stereocenters. The maximum absolute atomic E-state index is 5.49. The molecule has 0 aliphatic carbocycles. The van der Waals surface area contributed by atoms with Gasteiger partial charge in [0.2, 0.25) is 0 Å². The van der Waals surface area contributed by atoms with Crippen LogP contribution in [-0.2, 0) is 6.42 Å². The monoisotopic (exact) mass is 214 g/mol. The third-order valence-electron chi connectivity index (χ3n) is 2.93. The van der Waals surface area contributed by atoms with E-state index < -0.39 is 0 Å². The molecule has 2 aromatic rings. The smallest absolute Gasteiger partial charge is 0.199 e. The Kier molecular flexibility index (Phi) is 2.46. The summed E-state index contributed by atoms with van der Waals surface area (Å²) in [4.78, 5) is 4.52. The van der Waals surface area contributed by atoms with E-state index in [1.54, 1.807) is 6.26 Å². The quantitative estimate of drug-likeness (QED) is 0.848. The summed E-state index contributed by atoms with van der Waals surface area (Å²) in [5, 5.41) is 3.22. The van der Waals surface area contributed by atoms with Gasteiger partial charge < -0.3 is 9.73 Å². The summed E-state index contributed by atoms with van der Waals surface area (Å²) in [5.74, 6) is 1.36. The van der Waals surface area contributed by atoms with Gasteiger partial charge in [-0.2, -0.15) is 0 Å². The maximum atomic E-state index is 5.49. The van der Waals surface area contributed by atoms with E-state index in [0.29, 0.717) is 5.92 Å². The average Bonchev–Trinajstić information content (AvgIpc) is 2.65. The van der Waals surface area contributed by atoms with Crippen molar-refractivity contribution in [3.05, 3.63) is 53.7 Å². The summed E-state index contributed by atoms with van der Waals surface area (Å²) in [7, 11) is 0. The van der Waals surface area contributed by atoms with Crippen molar-refractivity contribution in [3.8, 4) is 0 Å². The van der Waals surface area contributed by atoms with Gasteiger partial charge in [0.1, 0.15) is 6.26 Å². The van der Waals surface area contributed by atoms with Crippen molar-refractivity contribution in [1.29, 1.82) is 0 Å². The molecule has 16 heavy (non-hydrogen) atoms. The average molecular weight is 214 g/mol. The van der Waals surface area contributed by atoms with Gasteiger partial charge in [-0.3, -0.25) is 0 Å². The van der Waals surface area contributed by atoms with Crippen LogP contribution in [0.25, 0.3) is 0 Å². The van der Waals surface area contributed by atoms with Gasteiger partial charge in [0, 0.05) is 19.5 Å². The molecule has 3 rings (SSSR count).